The van der Waals surface area contributed by atoms with Crippen LogP contribution >= 0.6 is 27.5 Å². The predicted octanol–water partition coefficient (Wildman–Crippen LogP) is 2.67. The van der Waals surface area contributed by atoms with Crippen LogP contribution in [0.25, 0.3) is 0 Å². The highest BCUT2D eigenvalue weighted by Crippen LogP contribution is 2.15. The van der Waals surface area contributed by atoms with Crippen LogP contribution in [-0.4, -0.2) is 38.8 Å². The Labute approximate surface area is 116 Å². The predicted molar refractivity (Wildman–Crippen MR) is 74.0 cm³/mol. The summed E-state index contributed by atoms with van der Waals surface area (Å²) in [4.78, 5) is 0. The van der Waals surface area contributed by atoms with Crippen LogP contribution in [0.15, 0.2) is 28.7 Å². The number of benzene rings is 1. The summed E-state index contributed by atoms with van der Waals surface area (Å²) in [7, 11) is 1.64. The van der Waals surface area contributed by atoms with E-state index in [4.69, 9.17) is 21.1 Å². The van der Waals surface area contributed by atoms with Crippen LogP contribution in [0.1, 0.15) is 0 Å². The van der Waals surface area contributed by atoms with Gasteiger partial charge in [0.2, 0.25) is 0 Å². The molecule has 0 saturated carbocycles. The van der Waals surface area contributed by atoms with Crippen molar-refractivity contribution in [1.29, 1.82) is 0 Å². The van der Waals surface area contributed by atoms with E-state index in [9.17, 15) is 0 Å². The topological polar surface area (TPSA) is 30.5 Å². The fourth-order valence-electron chi connectivity index (χ4n) is 1.27. The van der Waals surface area contributed by atoms with E-state index in [-0.39, 0.29) is 5.38 Å². The Hall–Kier alpha value is -0.290. The average Bonchev–Trinajstić information content (AvgIpc) is 2.31. The maximum absolute atomic E-state index is 5.96. The van der Waals surface area contributed by atoms with Crippen molar-refractivity contribution < 1.29 is 9.47 Å². The summed E-state index contributed by atoms with van der Waals surface area (Å²) in [6, 6.07) is 7.77. The molecular formula is C12H17BrClNO2. The fourth-order valence-corrected chi connectivity index (χ4v) is 1.77. The van der Waals surface area contributed by atoms with Gasteiger partial charge < -0.3 is 14.8 Å². The van der Waals surface area contributed by atoms with Gasteiger partial charge in [0.1, 0.15) is 12.4 Å². The first-order valence-electron chi connectivity index (χ1n) is 5.44. The Morgan fingerprint density at radius 2 is 2.06 bits per heavy atom. The molecule has 0 bridgehead atoms. The second-order valence-electron chi connectivity index (χ2n) is 3.56. The van der Waals surface area contributed by atoms with E-state index in [0.29, 0.717) is 13.2 Å². The first kappa shape index (κ1) is 14.8. The van der Waals surface area contributed by atoms with Gasteiger partial charge >= 0.3 is 0 Å². The lowest BCUT2D eigenvalue weighted by Gasteiger charge is -2.10. The third kappa shape index (κ3) is 6.88. The van der Waals surface area contributed by atoms with Gasteiger partial charge in [-0.15, -0.1) is 11.6 Å². The monoisotopic (exact) mass is 321 g/mol. The Bertz CT molecular complexity index is 308. The van der Waals surface area contributed by atoms with Gasteiger partial charge in [0.05, 0.1) is 12.0 Å². The van der Waals surface area contributed by atoms with Crippen molar-refractivity contribution in [3.8, 4) is 5.75 Å². The van der Waals surface area contributed by atoms with Crippen molar-refractivity contribution in [2.45, 2.75) is 5.38 Å². The standard InChI is InChI=1S/C12H17BrClNO2/c1-16-9-11(14)8-15-6-7-17-12-4-2-10(13)3-5-12/h2-5,11,15H,6-9H2,1H3. The molecule has 1 unspecified atom stereocenters. The van der Waals surface area contributed by atoms with Crippen molar-refractivity contribution >= 4 is 27.5 Å². The van der Waals surface area contributed by atoms with Crippen LogP contribution in [0.3, 0.4) is 0 Å². The molecule has 3 nitrogen and oxygen atoms in total. The number of hydrogen-bond acceptors (Lipinski definition) is 3. The van der Waals surface area contributed by atoms with Gasteiger partial charge in [-0.05, 0) is 24.3 Å². The van der Waals surface area contributed by atoms with Crippen LogP contribution in [0.2, 0.25) is 0 Å². The summed E-state index contributed by atoms with van der Waals surface area (Å²) >= 11 is 9.34. The molecule has 1 N–H and O–H groups in total. The highest BCUT2D eigenvalue weighted by atomic mass is 79.9. The molecule has 0 heterocycles. The van der Waals surface area contributed by atoms with Gasteiger partial charge in [-0.2, -0.15) is 0 Å². The Kier molecular flexibility index (Phi) is 7.60. The largest absolute Gasteiger partial charge is 0.492 e. The molecule has 17 heavy (non-hydrogen) atoms. The molecule has 0 aliphatic heterocycles. The third-order valence-electron chi connectivity index (χ3n) is 2.07. The van der Waals surface area contributed by atoms with E-state index in [1.54, 1.807) is 7.11 Å². The van der Waals surface area contributed by atoms with Gasteiger partial charge in [0.25, 0.3) is 0 Å². The zero-order valence-corrected chi connectivity index (χ0v) is 12.1. The lowest BCUT2D eigenvalue weighted by Crippen LogP contribution is -2.29. The minimum atomic E-state index is 0.00711. The summed E-state index contributed by atoms with van der Waals surface area (Å²) in [6.45, 7) is 2.67. The number of hydrogen-bond donors (Lipinski definition) is 1. The van der Waals surface area contributed by atoms with E-state index < -0.39 is 0 Å². The van der Waals surface area contributed by atoms with Crippen LogP contribution in [0.5, 0.6) is 5.75 Å². The Morgan fingerprint density at radius 1 is 1.35 bits per heavy atom. The molecule has 0 fully saturated rings. The van der Waals surface area contributed by atoms with Crippen molar-refractivity contribution in [2.75, 3.05) is 33.4 Å². The summed E-state index contributed by atoms with van der Waals surface area (Å²) in [5.41, 5.74) is 0. The minimum Gasteiger partial charge on any atom is -0.492 e. The molecule has 96 valence electrons. The summed E-state index contributed by atoms with van der Waals surface area (Å²) < 4.78 is 11.5. The number of nitrogens with one attached hydrogen (secondary N) is 1. The number of halogens is 2. The zero-order valence-electron chi connectivity index (χ0n) is 9.79. The maximum atomic E-state index is 5.96. The number of methoxy groups -OCH3 is 1. The average molecular weight is 323 g/mol. The molecule has 0 aliphatic rings. The van der Waals surface area contributed by atoms with E-state index in [1.807, 2.05) is 24.3 Å². The summed E-state index contributed by atoms with van der Waals surface area (Å²) in [6.07, 6.45) is 0. The zero-order chi connectivity index (χ0) is 12.5. The molecule has 0 aromatic heterocycles. The van der Waals surface area contributed by atoms with Crippen molar-refractivity contribution in [1.82, 2.24) is 5.32 Å². The smallest absolute Gasteiger partial charge is 0.119 e. The maximum Gasteiger partial charge on any atom is 0.119 e. The highest BCUT2D eigenvalue weighted by molar-refractivity contribution is 9.10. The molecule has 0 aliphatic carbocycles. The summed E-state index contributed by atoms with van der Waals surface area (Å²) in [5, 5.41) is 3.21. The fraction of sp³-hybridized carbons (Fsp3) is 0.500. The minimum absolute atomic E-state index is 0.00711. The van der Waals surface area contributed by atoms with Gasteiger partial charge in [-0.3, -0.25) is 0 Å². The normalized spacial score (nSPS) is 12.4. The molecule has 1 aromatic carbocycles. The number of alkyl halides is 1. The molecular weight excluding hydrogens is 305 g/mol. The first-order chi connectivity index (χ1) is 8.22. The third-order valence-corrected chi connectivity index (χ3v) is 2.88. The van der Waals surface area contributed by atoms with Crippen LogP contribution < -0.4 is 10.1 Å². The molecule has 1 atom stereocenters. The quantitative estimate of drug-likeness (QED) is 0.589. The lowest BCUT2D eigenvalue weighted by atomic mass is 10.3. The van der Waals surface area contributed by atoms with Gasteiger partial charge in [0.15, 0.2) is 0 Å². The molecule has 5 heteroatoms. The van der Waals surface area contributed by atoms with Crippen LogP contribution in [-0.2, 0) is 4.74 Å². The second-order valence-corrected chi connectivity index (χ2v) is 5.09. The molecule has 0 amide bonds. The van der Waals surface area contributed by atoms with E-state index >= 15 is 0 Å². The Balaban J connectivity index is 2.06. The molecule has 0 radical (unpaired) electrons. The number of ether oxygens (including phenoxy) is 2. The lowest BCUT2D eigenvalue weighted by molar-refractivity contribution is 0.196. The van der Waals surface area contributed by atoms with E-state index in [2.05, 4.69) is 21.2 Å². The second kappa shape index (κ2) is 8.75. The molecule has 1 aromatic rings. The molecule has 1 rings (SSSR count). The van der Waals surface area contributed by atoms with E-state index in [0.717, 1.165) is 23.3 Å². The molecule has 0 spiro atoms. The summed E-state index contributed by atoms with van der Waals surface area (Å²) in [5.74, 6) is 0.870. The number of rotatable bonds is 8. The van der Waals surface area contributed by atoms with Gasteiger partial charge in [0, 0.05) is 24.7 Å². The van der Waals surface area contributed by atoms with E-state index in [1.165, 1.54) is 0 Å². The first-order valence-corrected chi connectivity index (χ1v) is 6.67. The van der Waals surface area contributed by atoms with Crippen LogP contribution in [0.4, 0.5) is 0 Å². The molecule has 0 saturated heterocycles. The van der Waals surface area contributed by atoms with Gasteiger partial charge in [-0.25, -0.2) is 0 Å². The SMILES string of the molecule is COCC(Cl)CNCCOc1ccc(Br)cc1. The van der Waals surface area contributed by atoms with Gasteiger partial charge in [-0.1, -0.05) is 15.9 Å². The Morgan fingerprint density at radius 3 is 2.71 bits per heavy atom. The van der Waals surface area contributed by atoms with Crippen molar-refractivity contribution in [3.05, 3.63) is 28.7 Å². The highest BCUT2D eigenvalue weighted by Gasteiger charge is 2.02. The van der Waals surface area contributed by atoms with Crippen molar-refractivity contribution in [2.24, 2.45) is 0 Å². The van der Waals surface area contributed by atoms with Crippen molar-refractivity contribution in [3.63, 3.8) is 0 Å². The van der Waals surface area contributed by atoms with Crippen LogP contribution in [0, 0.1) is 0 Å².